The van der Waals surface area contributed by atoms with Gasteiger partial charge in [-0.15, -0.1) is 0 Å². The predicted molar refractivity (Wildman–Crippen MR) is 109 cm³/mol. The first kappa shape index (κ1) is 20.2. The molecule has 0 spiro atoms. The Hall–Kier alpha value is -2.11. The molecule has 0 radical (unpaired) electrons. The molecule has 2 N–H and O–H groups in total. The maximum absolute atomic E-state index is 5.46. The molecule has 0 bridgehead atoms. The van der Waals surface area contributed by atoms with Gasteiger partial charge in [-0.25, -0.2) is 0 Å². The van der Waals surface area contributed by atoms with Crippen LogP contribution in [0.3, 0.4) is 0 Å². The summed E-state index contributed by atoms with van der Waals surface area (Å²) in [5.41, 5.74) is 1.36. The van der Waals surface area contributed by atoms with Crippen molar-refractivity contribution in [2.75, 3.05) is 46.6 Å². The van der Waals surface area contributed by atoms with Gasteiger partial charge in [-0.05, 0) is 36.1 Å². The predicted octanol–water partition coefficient (Wildman–Crippen LogP) is 2.99. The molecule has 2 aromatic rings. The molecular formula is C21H31N3O2. The van der Waals surface area contributed by atoms with Crippen LogP contribution in [-0.4, -0.2) is 52.5 Å². The van der Waals surface area contributed by atoms with Gasteiger partial charge < -0.3 is 20.1 Å². The molecule has 2 rings (SSSR count). The summed E-state index contributed by atoms with van der Waals surface area (Å²) in [5, 5.41) is 9.34. The largest absolute Gasteiger partial charge is 0.382 e. The number of hydrogen-bond donors (Lipinski definition) is 2. The third-order valence-electron chi connectivity index (χ3n) is 4.06. The quantitative estimate of drug-likeness (QED) is 0.369. The van der Waals surface area contributed by atoms with E-state index in [0.717, 1.165) is 38.4 Å². The van der Waals surface area contributed by atoms with E-state index in [9.17, 15) is 0 Å². The van der Waals surface area contributed by atoms with Crippen LogP contribution in [0.25, 0.3) is 10.8 Å². The molecule has 0 atom stereocenters. The zero-order valence-corrected chi connectivity index (χ0v) is 16.0. The van der Waals surface area contributed by atoms with Crippen LogP contribution in [0.1, 0.15) is 18.9 Å². The number of ether oxygens (including phenoxy) is 2. The Morgan fingerprint density at radius 1 is 1.00 bits per heavy atom. The lowest BCUT2D eigenvalue weighted by atomic mass is 10.0. The number of nitrogens with one attached hydrogen (secondary N) is 2. The van der Waals surface area contributed by atoms with Crippen LogP contribution in [0.2, 0.25) is 0 Å². The summed E-state index contributed by atoms with van der Waals surface area (Å²) in [4.78, 5) is 4.61. The molecule has 0 aliphatic rings. The highest BCUT2D eigenvalue weighted by atomic mass is 16.5. The van der Waals surface area contributed by atoms with Crippen molar-refractivity contribution in [2.45, 2.75) is 19.8 Å². The Balaban J connectivity index is 1.77. The monoisotopic (exact) mass is 357 g/mol. The SMILES string of the molecule is CCNC(=NCCCOCCOC)NCCc1cccc2ccccc12. The van der Waals surface area contributed by atoms with Crippen LogP contribution < -0.4 is 10.6 Å². The van der Waals surface area contributed by atoms with Gasteiger partial charge in [0.25, 0.3) is 0 Å². The van der Waals surface area contributed by atoms with E-state index < -0.39 is 0 Å². The van der Waals surface area contributed by atoms with Gasteiger partial charge in [0, 0.05) is 33.4 Å². The lowest BCUT2D eigenvalue weighted by molar-refractivity contribution is 0.0702. The molecule has 0 aromatic heterocycles. The molecule has 5 nitrogen and oxygen atoms in total. The second-order valence-corrected chi connectivity index (χ2v) is 6.03. The standard InChI is InChI=1S/C21H31N3O2/c1-3-22-21(23-13-7-15-26-17-16-25-2)24-14-12-19-10-6-9-18-8-4-5-11-20(18)19/h4-6,8-11H,3,7,12-17H2,1-2H3,(H2,22,23,24). The fourth-order valence-electron chi connectivity index (χ4n) is 2.77. The van der Waals surface area contributed by atoms with E-state index in [4.69, 9.17) is 9.47 Å². The molecule has 0 saturated carbocycles. The van der Waals surface area contributed by atoms with Gasteiger partial charge >= 0.3 is 0 Å². The van der Waals surface area contributed by atoms with Crippen molar-refractivity contribution < 1.29 is 9.47 Å². The first-order chi connectivity index (χ1) is 12.8. The summed E-state index contributed by atoms with van der Waals surface area (Å²) < 4.78 is 10.4. The van der Waals surface area contributed by atoms with E-state index in [-0.39, 0.29) is 0 Å². The van der Waals surface area contributed by atoms with Crippen LogP contribution >= 0.6 is 0 Å². The number of hydrogen-bond acceptors (Lipinski definition) is 3. The van der Waals surface area contributed by atoms with Crippen molar-refractivity contribution in [1.29, 1.82) is 0 Å². The maximum Gasteiger partial charge on any atom is 0.191 e. The molecule has 0 aliphatic carbocycles. The molecule has 0 unspecified atom stereocenters. The zero-order valence-electron chi connectivity index (χ0n) is 16.0. The average molecular weight is 357 g/mol. The van der Waals surface area contributed by atoms with E-state index in [1.807, 2.05) is 0 Å². The maximum atomic E-state index is 5.46. The minimum Gasteiger partial charge on any atom is -0.382 e. The summed E-state index contributed by atoms with van der Waals surface area (Å²) >= 11 is 0. The Labute approximate surface area is 156 Å². The number of methoxy groups -OCH3 is 1. The van der Waals surface area contributed by atoms with E-state index in [0.29, 0.717) is 19.8 Å². The second-order valence-electron chi connectivity index (χ2n) is 6.03. The molecule has 0 amide bonds. The third-order valence-corrected chi connectivity index (χ3v) is 4.06. The Kier molecular flexibility index (Phi) is 9.54. The molecular weight excluding hydrogens is 326 g/mol. The van der Waals surface area contributed by atoms with Crippen molar-refractivity contribution in [1.82, 2.24) is 10.6 Å². The van der Waals surface area contributed by atoms with Crippen molar-refractivity contribution in [3.05, 3.63) is 48.0 Å². The van der Waals surface area contributed by atoms with E-state index in [1.54, 1.807) is 7.11 Å². The first-order valence-corrected chi connectivity index (χ1v) is 9.40. The highest BCUT2D eigenvalue weighted by Gasteiger charge is 2.01. The van der Waals surface area contributed by atoms with Gasteiger partial charge in [-0.1, -0.05) is 42.5 Å². The molecule has 0 saturated heterocycles. The fraction of sp³-hybridized carbons (Fsp3) is 0.476. The van der Waals surface area contributed by atoms with Crippen molar-refractivity contribution in [2.24, 2.45) is 4.99 Å². The molecule has 26 heavy (non-hydrogen) atoms. The number of aliphatic imine (C=N–C) groups is 1. The number of rotatable bonds is 11. The number of benzene rings is 2. The second kappa shape index (κ2) is 12.3. The lowest BCUT2D eigenvalue weighted by Crippen LogP contribution is -2.38. The van der Waals surface area contributed by atoms with Gasteiger partial charge in [0.1, 0.15) is 0 Å². The Morgan fingerprint density at radius 2 is 1.85 bits per heavy atom. The van der Waals surface area contributed by atoms with E-state index in [1.165, 1.54) is 16.3 Å². The summed E-state index contributed by atoms with van der Waals surface area (Å²) in [6, 6.07) is 15.0. The van der Waals surface area contributed by atoms with Crippen LogP contribution in [0.5, 0.6) is 0 Å². The average Bonchev–Trinajstić information content (AvgIpc) is 2.67. The number of nitrogens with zero attached hydrogens (tertiary/aromatic N) is 1. The summed E-state index contributed by atoms with van der Waals surface area (Å²) in [5.74, 6) is 0.865. The van der Waals surface area contributed by atoms with Crippen molar-refractivity contribution in [3.8, 4) is 0 Å². The van der Waals surface area contributed by atoms with Crippen molar-refractivity contribution >= 4 is 16.7 Å². The fourth-order valence-corrected chi connectivity index (χ4v) is 2.77. The normalized spacial score (nSPS) is 11.7. The highest BCUT2D eigenvalue weighted by molar-refractivity contribution is 5.85. The minimum absolute atomic E-state index is 0.641. The minimum atomic E-state index is 0.641. The number of fused-ring (bicyclic) bond motifs is 1. The molecule has 0 heterocycles. The molecule has 5 heteroatoms. The van der Waals surface area contributed by atoms with E-state index in [2.05, 4.69) is 65.0 Å². The molecule has 2 aromatic carbocycles. The molecule has 0 aliphatic heterocycles. The summed E-state index contributed by atoms with van der Waals surface area (Å²) in [6.45, 7) is 6.52. The van der Waals surface area contributed by atoms with Crippen molar-refractivity contribution in [3.63, 3.8) is 0 Å². The van der Waals surface area contributed by atoms with Crippen LogP contribution in [0, 0.1) is 0 Å². The zero-order chi connectivity index (χ0) is 18.5. The van der Waals surface area contributed by atoms with Crippen LogP contribution in [0.4, 0.5) is 0 Å². The van der Waals surface area contributed by atoms with Gasteiger partial charge in [0.05, 0.1) is 13.2 Å². The smallest absolute Gasteiger partial charge is 0.191 e. The molecule has 142 valence electrons. The summed E-state index contributed by atoms with van der Waals surface area (Å²) in [6.07, 6.45) is 1.87. The number of guanidine groups is 1. The highest BCUT2D eigenvalue weighted by Crippen LogP contribution is 2.18. The van der Waals surface area contributed by atoms with Gasteiger partial charge in [0.2, 0.25) is 0 Å². The topological polar surface area (TPSA) is 54.9 Å². The third kappa shape index (κ3) is 7.02. The Morgan fingerprint density at radius 3 is 2.69 bits per heavy atom. The lowest BCUT2D eigenvalue weighted by Gasteiger charge is -2.12. The summed E-state index contributed by atoms with van der Waals surface area (Å²) in [7, 11) is 1.68. The van der Waals surface area contributed by atoms with Crippen LogP contribution in [-0.2, 0) is 15.9 Å². The Bertz CT molecular complexity index is 668. The van der Waals surface area contributed by atoms with Gasteiger partial charge in [-0.3, -0.25) is 4.99 Å². The van der Waals surface area contributed by atoms with Gasteiger partial charge in [-0.2, -0.15) is 0 Å². The molecule has 0 fully saturated rings. The van der Waals surface area contributed by atoms with Crippen LogP contribution in [0.15, 0.2) is 47.5 Å². The van der Waals surface area contributed by atoms with Gasteiger partial charge in [0.15, 0.2) is 5.96 Å². The first-order valence-electron chi connectivity index (χ1n) is 9.40. The van der Waals surface area contributed by atoms with E-state index >= 15 is 0 Å².